The molecule has 162 valence electrons. The van der Waals surface area contributed by atoms with E-state index < -0.39 is 11.7 Å². The van der Waals surface area contributed by atoms with Crippen LogP contribution in [-0.2, 0) is 30.4 Å². The van der Waals surface area contributed by atoms with Gasteiger partial charge in [0.15, 0.2) is 0 Å². The predicted molar refractivity (Wildman–Crippen MR) is 109 cm³/mol. The second kappa shape index (κ2) is 9.62. The largest absolute Gasteiger partial charge is 0.416 e. The van der Waals surface area contributed by atoms with Gasteiger partial charge in [0.05, 0.1) is 18.1 Å². The Morgan fingerprint density at radius 3 is 2.33 bits per heavy atom. The van der Waals surface area contributed by atoms with Crippen molar-refractivity contribution in [3.05, 3.63) is 70.8 Å². The van der Waals surface area contributed by atoms with Gasteiger partial charge in [0, 0.05) is 33.2 Å². The summed E-state index contributed by atoms with van der Waals surface area (Å²) in [6.07, 6.45) is -3.08. The lowest BCUT2D eigenvalue weighted by molar-refractivity contribution is -0.140. The van der Waals surface area contributed by atoms with E-state index in [1.54, 1.807) is 18.0 Å². The fourth-order valence-electron chi connectivity index (χ4n) is 3.69. The first-order chi connectivity index (χ1) is 14.3. The molecular formula is C23H27F3N2O2. The molecule has 0 saturated carbocycles. The zero-order valence-corrected chi connectivity index (χ0v) is 17.0. The van der Waals surface area contributed by atoms with Gasteiger partial charge in [-0.15, -0.1) is 0 Å². The number of hydrogen-bond acceptors (Lipinski definition) is 3. The van der Waals surface area contributed by atoms with E-state index in [2.05, 4.69) is 4.90 Å². The van der Waals surface area contributed by atoms with Crippen molar-refractivity contribution in [1.82, 2.24) is 9.80 Å². The molecule has 0 unspecified atom stereocenters. The van der Waals surface area contributed by atoms with Crippen LogP contribution in [-0.4, -0.2) is 54.1 Å². The minimum absolute atomic E-state index is 0.00622. The van der Waals surface area contributed by atoms with E-state index in [1.807, 2.05) is 24.3 Å². The van der Waals surface area contributed by atoms with Gasteiger partial charge in [-0.1, -0.05) is 42.5 Å². The summed E-state index contributed by atoms with van der Waals surface area (Å²) >= 11 is 0. The van der Waals surface area contributed by atoms with E-state index in [0.29, 0.717) is 38.0 Å². The first kappa shape index (κ1) is 22.3. The fourth-order valence-corrected chi connectivity index (χ4v) is 3.69. The summed E-state index contributed by atoms with van der Waals surface area (Å²) in [6, 6.07) is 13.6. The van der Waals surface area contributed by atoms with Crippen LogP contribution < -0.4 is 0 Å². The number of likely N-dealkylation sites (N-methyl/N-ethyl adjacent to an activating group) is 1. The third-order valence-electron chi connectivity index (χ3n) is 5.50. The maximum Gasteiger partial charge on any atom is 0.416 e. The fraction of sp³-hybridized carbons (Fsp3) is 0.435. The lowest BCUT2D eigenvalue weighted by atomic mass is 9.97. The highest BCUT2D eigenvalue weighted by molar-refractivity contribution is 5.79. The molecule has 0 aliphatic carbocycles. The van der Waals surface area contributed by atoms with Crippen molar-refractivity contribution in [3.63, 3.8) is 0 Å². The summed E-state index contributed by atoms with van der Waals surface area (Å²) in [4.78, 5) is 15.9. The van der Waals surface area contributed by atoms with Crippen LogP contribution in [0.4, 0.5) is 13.2 Å². The number of alkyl halides is 3. The van der Waals surface area contributed by atoms with Crippen molar-refractivity contribution in [3.8, 4) is 0 Å². The average molecular weight is 420 g/mol. The number of rotatable bonds is 8. The molecule has 1 saturated heterocycles. The number of likely N-dealkylation sites (tertiary alicyclic amines) is 1. The van der Waals surface area contributed by atoms with Crippen molar-refractivity contribution in [1.29, 1.82) is 0 Å². The molecule has 0 radical (unpaired) electrons. The van der Waals surface area contributed by atoms with Crippen LogP contribution in [0.3, 0.4) is 0 Å². The normalized spacial score (nSPS) is 15.1. The van der Waals surface area contributed by atoms with Crippen LogP contribution >= 0.6 is 0 Å². The number of benzene rings is 2. The molecule has 1 aliphatic heterocycles. The van der Waals surface area contributed by atoms with E-state index in [4.69, 9.17) is 5.11 Å². The lowest BCUT2D eigenvalue weighted by Crippen LogP contribution is -2.53. The van der Waals surface area contributed by atoms with Crippen LogP contribution in [0.15, 0.2) is 48.5 Å². The number of nitrogens with zero attached hydrogens (tertiary/aromatic N) is 2. The summed E-state index contributed by atoms with van der Waals surface area (Å²) in [5.74, 6) is 0.0681. The van der Waals surface area contributed by atoms with Crippen molar-refractivity contribution in [2.75, 3.05) is 33.3 Å². The second-order valence-electron chi connectivity index (χ2n) is 7.89. The van der Waals surface area contributed by atoms with Gasteiger partial charge in [0.2, 0.25) is 5.91 Å². The molecule has 1 fully saturated rings. The van der Waals surface area contributed by atoms with Gasteiger partial charge in [-0.25, -0.2) is 0 Å². The maximum absolute atomic E-state index is 12.8. The number of aliphatic hydroxyl groups is 1. The van der Waals surface area contributed by atoms with Crippen LogP contribution in [0.25, 0.3) is 0 Å². The number of aliphatic hydroxyl groups excluding tert-OH is 1. The Labute approximate surface area is 174 Å². The molecule has 2 aromatic rings. The molecule has 1 amide bonds. The van der Waals surface area contributed by atoms with Crippen molar-refractivity contribution in [2.45, 2.75) is 25.6 Å². The Balaban J connectivity index is 1.46. The average Bonchev–Trinajstić information content (AvgIpc) is 2.69. The maximum atomic E-state index is 12.8. The van der Waals surface area contributed by atoms with E-state index >= 15 is 0 Å². The molecule has 3 rings (SSSR count). The summed E-state index contributed by atoms with van der Waals surface area (Å²) < 4.78 is 38.5. The smallest absolute Gasteiger partial charge is 0.395 e. The molecule has 1 aliphatic rings. The molecule has 7 heteroatoms. The molecule has 2 aromatic carbocycles. The topological polar surface area (TPSA) is 43.8 Å². The first-order valence-corrected chi connectivity index (χ1v) is 10.1. The minimum Gasteiger partial charge on any atom is -0.395 e. The van der Waals surface area contributed by atoms with E-state index in [0.717, 1.165) is 23.7 Å². The van der Waals surface area contributed by atoms with Crippen LogP contribution in [0.5, 0.6) is 0 Å². The molecule has 0 atom stereocenters. The molecular weight excluding hydrogens is 393 g/mol. The standard InChI is InChI=1S/C23H27F3N2O2/c1-27(11-12-29)22(30)20-15-28(16-20)14-19-9-6-17(7-10-19)5-8-18-3-2-4-21(13-18)23(24,25)26/h2-4,6-7,9-10,13,20,29H,5,8,11-12,14-16H2,1H3. The van der Waals surface area contributed by atoms with Gasteiger partial charge >= 0.3 is 6.18 Å². The minimum atomic E-state index is -4.31. The first-order valence-electron chi connectivity index (χ1n) is 10.1. The van der Waals surface area contributed by atoms with Gasteiger partial charge in [-0.3, -0.25) is 9.69 Å². The molecule has 1 N–H and O–H groups in total. The molecule has 0 aromatic heterocycles. The van der Waals surface area contributed by atoms with Gasteiger partial charge in [0.25, 0.3) is 0 Å². The van der Waals surface area contributed by atoms with Gasteiger partial charge in [-0.2, -0.15) is 13.2 Å². The second-order valence-corrected chi connectivity index (χ2v) is 7.89. The summed E-state index contributed by atoms with van der Waals surface area (Å²) in [7, 11) is 1.71. The number of carbonyl (C=O) groups is 1. The number of carbonyl (C=O) groups excluding carboxylic acids is 1. The van der Waals surface area contributed by atoms with Crippen molar-refractivity contribution in [2.24, 2.45) is 5.92 Å². The molecule has 4 nitrogen and oxygen atoms in total. The highest BCUT2D eigenvalue weighted by Gasteiger charge is 2.34. The van der Waals surface area contributed by atoms with E-state index in [-0.39, 0.29) is 18.4 Å². The molecule has 30 heavy (non-hydrogen) atoms. The zero-order chi connectivity index (χ0) is 21.7. The zero-order valence-electron chi connectivity index (χ0n) is 17.0. The van der Waals surface area contributed by atoms with Gasteiger partial charge in [-0.05, 0) is 35.6 Å². The number of aryl methyl sites for hydroxylation is 2. The van der Waals surface area contributed by atoms with Crippen LogP contribution in [0.2, 0.25) is 0 Å². The molecule has 1 heterocycles. The van der Waals surface area contributed by atoms with E-state index in [9.17, 15) is 18.0 Å². The Morgan fingerprint density at radius 2 is 1.70 bits per heavy atom. The van der Waals surface area contributed by atoms with Crippen LogP contribution in [0, 0.1) is 5.92 Å². The highest BCUT2D eigenvalue weighted by atomic mass is 19.4. The predicted octanol–water partition coefficient (Wildman–Crippen LogP) is 3.37. The Bertz CT molecular complexity index is 846. The lowest BCUT2D eigenvalue weighted by Gasteiger charge is -2.39. The monoisotopic (exact) mass is 420 g/mol. The Morgan fingerprint density at radius 1 is 1.07 bits per heavy atom. The number of halogens is 3. The van der Waals surface area contributed by atoms with Crippen molar-refractivity contribution < 1.29 is 23.1 Å². The SMILES string of the molecule is CN(CCO)C(=O)C1CN(Cc2ccc(CCc3cccc(C(F)(F)F)c3)cc2)C1. The molecule has 0 bridgehead atoms. The number of hydrogen-bond donors (Lipinski definition) is 1. The van der Waals surface area contributed by atoms with E-state index in [1.165, 1.54) is 12.1 Å². The number of amides is 1. The van der Waals surface area contributed by atoms with Gasteiger partial charge < -0.3 is 10.0 Å². The quantitative estimate of drug-likeness (QED) is 0.712. The van der Waals surface area contributed by atoms with Crippen molar-refractivity contribution >= 4 is 5.91 Å². The summed E-state index contributed by atoms with van der Waals surface area (Å²) in [5.41, 5.74) is 2.30. The summed E-state index contributed by atoms with van der Waals surface area (Å²) in [5, 5.41) is 8.93. The molecule has 0 spiro atoms. The Kier molecular flexibility index (Phi) is 7.15. The summed E-state index contributed by atoms with van der Waals surface area (Å²) in [6.45, 7) is 2.52. The third kappa shape index (κ3) is 5.83. The Hall–Kier alpha value is -2.38. The van der Waals surface area contributed by atoms with Gasteiger partial charge in [0.1, 0.15) is 0 Å². The third-order valence-corrected chi connectivity index (χ3v) is 5.50. The van der Waals surface area contributed by atoms with Crippen LogP contribution in [0.1, 0.15) is 22.3 Å². The highest BCUT2D eigenvalue weighted by Crippen LogP contribution is 2.29.